The SMILES string of the molecule is NC(=O)c1ccc(Oc2ccc(CCN[C@H]3CCC[C@H](O)C3)cc2)nc1. The van der Waals surface area contributed by atoms with Crippen molar-refractivity contribution in [3.8, 4) is 11.6 Å². The van der Waals surface area contributed by atoms with Crippen molar-refractivity contribution in [1.29, 1.82) is 0 Å². The lowest BCUT2D eigenvalue weighted by atomic mass is 9.93. The van der Waals surface area contributed by atoms with Gasteiger partial charge < -0.3 is 20.9 Å². The molecule has 1 amide bonds. The highest BCUT2D eigenvalue weighted by Gasteiger charge is 2.19. The first kappa shape index (κ1) is 18.4. The third kappa shape index (κ3) is 5.28. The molecule has 0 unspecified atom stereocenters. The Balaban J connectivity index is 1.46. The van der Waals surface area contributed by atoms with Gasteiger partial charge in [0.15, 0.2) is 0 Å². The van der Waals surface area contributed by atoms with Crippen LogP contribution < -0.4 is 15.8 Å². The van der Waals surface area contributed by atoms with Gasteiger partial charge in [0.25, 0.3) is 0 Å². The molecule has 6 heteroatoms. The van der Waals surface area contributed by atoms with Crippen molar-refractivity contribution in [1.82, 2.24) is 10.3 Å². The number of amides is 1. The molecule has 4 N–H and O–H groups in total. The van der Waals surface area contributed by atoms with E-state index in [1.165, 1.54) is 11.8 Å². The molecule has 0 saturated heterocycles. The monoisotopic (exact) mass is 355 g/mol. The molecular weight excluding hydrogens is 330 g/mol. The molecule has 1 aromatic carbocycles. The van der Waals surface area contributed by atoms with E-state index in [4.69, 9.17) is 10.5 Å². The number of rotatable bonds is 7. The number of benzene rings is 1. The summed E-state index contributed by atoms with van der Waals surface area (Å²) < 4.78 is 5.67. The standard InChI is InChI=1S/C20H25N3O3/c21-20(25)15-6-9-19(23-13-15)26-18-7-4-14(5-8-18)10-11-22-16-2-1-3-17(24)12-16/h4-9,13,16-17,22,24H,1-3,10-12H2,(H2,21,25)/t16-,17-/m0/s1. The minimum atomic E-state index is -0.509. The molecule has 1 saturated carbocycles. The fourth-order valence-corrected chi connectivity index (χ4v) is 3.20. The number of nitrogens with one attached hydrogen (secondary N) is 1. The van der Waals surface area contributed by atoms with E-state index >= 15 is 0 Å². The number of carbonyl (C=O) groups excluding carboxylic acids is 1. The summed E-state index contributed by atoms with van der Waals surface area (Å²) in [5.74, 6) is 0.599. The lowest BCUT2D eigenvalue weighted by Gasteiger charge is -2.26. The lowest BCUT2D eigenvalue weighted by Crippen LogP contribution is -2.37. The Morgan fingerprint density at radius 2 is 2.04 bits per heavy atom. The Labute approximate surface area is 153 Å². The molecular formula is C20H25N3O3. The first-order chi connectivity index (χ1) is 12.6. The van der Waals surface area contributed by atoms with Gasteiger partial charge in [0, 0.05) is 18.3 Å². The zero-order chi connectivity index (χ0) is 18.4. The van der Waals surface area contributed by atoms with Gasteiger partial charge in [0.2, 0.25) is 11.8 Å². The van der Waals surface area contributed by atoms with Crippen LogP contribution in [0.5, 0.6) is 11.6 Å². The van der Waals surface area contributed by atoms with Crippen LogP contribution in [0, 0.1) is 0 Å². The third-order valence-electron chi connectivity index (χ3n) is 4.66. The molecule has 1 aromatic heterocycles. The second-order valence-electron chi connectivity index (χ2n) is 6.72. The van der Waals surface area contributed by atoms with Crippen LogP contribution >= 0.6 is 0 Å². The summed E-state index contributed by atoms with van der Waals surface area (Å²) in [7, 11) is 0. The van der Waals surface area contributed by atoms with Crippen LogP contribution in [0.1, 0.15) is 41.6 Å². The van der Waals surface area contributed by atoms with Crippen LogP contribution in [0.25, 0.3) is 0 Å². The highest BCUT2D eigenvalue weighted by molar-refractivity contribution is 5.92. The zero-order valence-corrected chi connectivity index (χ0v) is 14.7. The highest BCUT2D eigenvalue weighted by Crippen LogP contribution is 2.21. The minimum Gasteiger partial charge on any atom is -0.439 e. The minimum absolute atomic E-state index is 0.150. The molecule has 6 nitrogen and oxygen atoms in total. The molecule has 138 valence electrons. The summed E-state index contributed by atoms with van der Waals surface area (Å²) in [5.41, 5.74) is 6.76. The average molecular weight is 355 g/mol. The number of ether oxygens (including phenoxy) is 1. The molecule has 1 aliphatic rings. The second kappa shape index (κ2) is 8.78. The van der Waals surface area contributed by atoms with Gasteiger partial charge in [-0.25, -0.2) is 4.98 Å². The Hall–Kier alpha value is -2.44. The summed E-state index contributed by atoms with van der Waals surface area (Å²) in [5, 5.41) is 13.2. The topological polar surface area (TPSA) is 97.5 Å². The maximum absolute atomic E-state index is 11.0. The maximum atomic E-state index is 11.0. The van der Waals surface area contributed by atoms with E-state index in [9.17, 15) is 9.90 Å². The van der Waals surface area contributed by atoms with Crippen molar-refractivity contribution >= 4 is 5.91 Å². The fraction of sp³-hybridized carbons (Fsp3) is 0.400. The Morgan fingerprint density at radius 1 is 1.23 bits per heavy atom. The average Bonchev–Trinajstić information content (AvgIpc) is 2.64. The lowest BCUT2D eigenvalue weighted by molar-refractivity contribution is 0.0999. The summed E-state index contributed by atoms with van der Waals surface area (Å²) in [6, 6.07) is 11.5. The smallest absolute Gasteiger partial charge is 0.250 e. The predicted molar refractivity (Wildman–Crippen MR) is 99.2 cm³/mol. The van der Waals surface area contributed by atoms with Crippen molar-refractivity contribution in [2.75, 3.05) is 6.54 Å². The molecule has 2 aromatic rings. The van der Waals surface area contributed by atoms with E-state index in [1.807, 2.05) is 24.3 Å². The summed E-state index contributed by atoms with van der Waals surface area (Å²) in [4.78, 5) is 15.1. The van der Waals surface area contributed by atoms with E-state index in [-0.39, 0.29) is 6.10 Å². The molecule has 1 aliphatic carbocycles. The van der Waals surface area contributed by atoms with Crippen molar-refractivity contribution in [2.45, 2.75) is 44.2 Å². The van der Waals surface area contributed by atoms with Gasteiger partial charge >= 0.3 is 0 Å². The number of nitrogens with zero attached hydrogens (tertiary/aromatic N) is 1. The quantitative estimate of drug-likeness (QED) is 0.708. The van der Waals surface area contributed by atoms with Crippen LogP contribution in [0.2, 0.25) is 0 Å². The molecule has 3 rings (SSSR count). The van der Waals surface area contributed by atoms with Gasteiger partial charge in [0.1, 0.15) is 5.75 Å². The van der Waals surface area contributed by atoms with Crippen molar-refractivity contribution in [2.24, 2.45) is 5.73 Å². The van der Waals surface area contributed by atoms with E-state index in [2.05, 4.69) is 10.3 Å². The number of carbonyl (C=O) groups is 1. The molecule has 0 spiro atoms. The largest absolute Gasteiger partial charge is 0.439 e. The van der Waals surface area contributed by atoms with Crippen LogP contribution in [0.3, 0.4) is 0 Å². The third-order valence-corrected chi connectivity index (χ3v) is 4.66. The molecule has 0 bridgehead atoms. The number of pyridine rings is 1. The number of aliphatic hydroxyl groups excluding tert-OH is 1. The Bertz CT molecular complexity index is 716. The zero-order valence-electron chi connectivity index (χ0n) is 14.7. The molecule has 2 atom stereocenters. The van der Waals surface area contributed by atoms with Gasteiger partial charge in [-0.05, 0) is 62.4 Å². The van der Waals surface area contributed by atoms with E-state index < -0.39 is 5.91 Å². The summed E-state index contributed by atoms with van der Waals surface area (Å²) in [6.45, 7) is 0.897. The van der Waals surface area contributed by atoms with E-state index in [0.29, 0.717) is 23.2 Å². The number of primary amides is 1. The number of aliphatic hydroxyl groups is 1. The molecule has 1 fully saturated rings. The van der Waals surface area contributed by atoms with Crippen molar-refractivity contribution < 1.29 is 14.6 Å². The van der Waals surface area contributed by atoms with Crippen LogP contribution in [-0.4, -0.2) is 34.7 Å². The predicted octanol–water partition coefficient (Wildman–Crippen LogP) is 2.41. The van der Waals surface area contributed by atoms with Gasteiger partial charge in [-0.15, -0.1) is 0 Å². The van der Waals surface area contributed by atoms with Gasteiger partial charge in [-0.3, -0.25) is 4.79 Å². The maximum Gasteiger partial charge on any atom is 0.250 e. The molecule has 1 heterocycles. The second-order valence-corrected chi connectivity index (χ2v) is 6.72. The first-order valence-electron chi connectivity index (χ1n) is 9.04. The number of nitrogens with two attached hydrogens (primary N) is 1. The van der Waals surface area contributed by atoms with Crippen molar-refractivity contribution in [3.05, 3.63) is 53.7 Å². The van der Waals surface area contributed by atoms with Crippen LogP contribution in [0.15, 0.2) is 42.6 Å². The van der Waals surface area contributed by atoms with Gasteiger partial charge in [-0.2, -0.15) is 0 Å². The van der Waals surface area contributed by atoms with Crippen LogP contribution in [-0.2, 0) is 6.42 Å². The Morgan fingerprint density at radius 3 is 2.69 bits per heavy atom. The van der Waals surface area contributed by atoms with Crippen molar-refractivity contribution in [3.63, 3.8) is 0 Å². The molecule has 26 heavy (non-hydrogen) atoms. The van der Waals surface area contributed by atoms with E-state index in [0.717, 1.165) is 38.6 Å². The summed E-state index contributed by atoms with van der Waals surface area (Å²) >= 11 is 0. The summed E-state index contributed by atoms with van der Waals surface area (Å²) in [6.07, 6.45) is 6.21. The molecule has 0 aliphatic heterocycles. The number of hydrogen-bond acceptors (Lipinski definition) is 5. The van der Waals surface area contributed by atoms with Gasteiger partial charge in [0.05, 0.1) is 11.7 Å². The van der Waals surface area contributed by atoms with Crippen LogP contribution in [0.4, 0.5) is 0 Å². The first-order valence-corrected chi connectivity index (χ1v) is 9.04. The highest BCUT2D eigenvalue weighted by atomic mass is 16.5. The normalized spacial score (nSPS) is 19.9. The number of hydrogen-bond donors (Lipinski definition) is 3. The van der Waals surface area contributed by atoms with Gasteiger partial charge in [-0.1, -0.05) is 12.1 Å². The fourth-order valence-electron chi connectivity index (χ4n) is 3.20. The number of aromatic nitrogens is 1. The molecule has 0 radical (unpaired) electrons. The van der Waals surface area contributed by atoms with E-state index in [1.54, 1.807) is 12.1 Å². The Kier molecular flexibility index (Phi) is 6.20.